The summed E-state index contributed by atoms with van der Waals surface area (Å²) in [6, 6.07) is 0. The van der Waals surface area contributed by atoms with Crippen LogP contribution in [0.15, 0.2) is 12.2 Å². The summed E-state index contributed by atoms with van der Waals surface area (Å²) >= 11 is 0. The minimum atomic E-state index is -0.177. The molecule has 0 rings (SSSR count). The number of aldehydes is 1. The van der Waals surface area contributed by atoms with Crippen LogP contribution in [-0.2, 0) is 14.4 Å². The number of amides is 2. The van der Waals surface area contributed by atoms with Gasteiger partial charge in [0.05, 0.1) is 0 Å². The zero-order valence-corrected chi connectivity index (χ0v) is 10.4. The van der Waals surface area contributed by atoms with E-state index in [1.165, 1.54) is 12.2 Å². The Morgan fingerprint density at radius 1 is 1.24 bits per heavy atom. The fourth-order valence-electron chi connectivity index (χ4n) is 1.30. The van der Waals surface area contributed by atoms with E-state index in [-0.39, 0.29) is 11.8 Å². The van der Waals surface area contributed by atoms with E-state index in [0.29, 0.717) is 19.3 Å². The Hall–Kier alpha value is -1.65. The third-order valence-electron chi connectivity index (χ3n) is 2.37. The number of hydrogen-bond acceptors (Lipinski definition) is 3. The number of unbranched alkanes of at least 4 members (excludes halogenated alkanes) is 2. The maximum atomic E-state index is 11.3. The van der Waals surface area contributed by atoms with Crippen molar-refractivity contribution in [3.8, 4) is 0 Å². The van der Waals surface area contributed by atoms with Crippen molar-refractivity contribution in [2.24, 2.45) is 0 Å². The summed E-state index contributed by atoms with van der Waals surface area (Å²) in [5.41, 5.74) is 0. The van der Waals surface area contributed by atoms with Crippen LogP contribution in [0, 0.1) is 0 Å². The van der Waals surface area contributed by atoms with Crippen LogP contribution in [0.25, 0.3) is 0 Å². The first-order valence-electron chi connectivity index (χ1n) is 5.69. The quantitative estimate of drug-likeness (QED) is 0.382. The number of allylic oxidation sites excluding steroid dienone is 1. The fraction of sp³-hybridized carbons (Fsp3) is 0.583. The summed E-state index contributed by atoms with van der Waals surface area (Å²) < 4.78 is 0. The second kappa shape index (κ2) is 9.57. The Kier molecular flexibility index (Phi) is 8.64. The van der Waals surface area contributed by atoms with Crippen LogP contribution < -0.4 is 5.32 Å². The summed E-state index contributed by atoms with van der Waals surface area (Å²) in [4.78, 5) is 33.8. The number of likely N-dealkylation sites (N-methyl/N-ethyl adjacent to an activating group) is 1. The molecular weight excluding hydrogens is 220 g/mol. The van der Waals surface area contributed by atoms with Crippen LogP contribution in [0.5, 0.6) is 0 Å². The van der Waals surface area contributed by atoms with Gasteiger partial charge in [-0.3, -0.25) is 14.4 Å². The molecule has 0 atom stereocenters. The molecule has 17 heavy (non-hydrogen) atoms. The van der Waals surface area contributed by atoms with E-state index in [1.807, 2.05) is 0 Å². The monoisotopic (exact) mass is 240 g/mol. The van der Waals surface area contributed by atoms with E-state index in [1.54, 1.807) is 19.0 Å². The van der Waals surface area contributed by atoms with E-state index < -0.39 is 0 Å². The number of carbonyl (C=O) groups excluding carboxylic acids is 3. The van der Waals surface area contributed by atoms with Gasteiger partial charge in [0.1, 0.15) is 6.29 Å². The predicted octanol–water partition coefficient (Wildman–Crippen LogP) is 0.506. The van der Waals surface area contributed by atoms with Gasteiger partial charge < -0.3 is 10.2 Å². The molecule has 0 saturated heterocycles. The normalized spacial score (nSPS) is 10.2. The van der Waals surface area contributed by atoms with E-state index in [0.717, 1.165) is 19.3 Å². The summed E-state index contributed by atoms with van der Waals surface area (Å²) in [6.45, 7) is 0.635. The zero-order chi connectivity index (χ0) is 13.1. The van der Waals surface area contributed by atoms with Crippen LogP contribution in [0.2, 0.25) is 0 Å². The fourth-order valence-corrected chi connectivity index (χ4v) is 1.30. The van der Waals surface area contributed by atoms with Crippen molar-refractivity contribution in [3.63, 3.8) is 0 Å². The first-order valence-corrected chi connectivity index (χ1v) is 5.69. The lowest BCUT2D eigenvalue weighted by atomic mass is 10.2. The highest BCUT2D eigenvalue weighted by atomic mass is 16.2. The average Bonchev–Trinajstić information content (AvgIpc) is 2.34. The molecule has 0 radical (unpaired) electrons. The smallest absolute Gasteiger partial charge is 0.246 e. The second-order valence-electron chi connectivity index (χ2n) is 3.74. The van der Waals surface area contributed by atoms with E-state index in [2.05, 4.69) is 5.32 Å². The second-order valence-corrected chi connectivity index (χ2v) is 3.74. The van der Waals surface area contributed by atoms with Gasteiger partial charge in [0.15, 0.2) is 0 Å². The lowest BCUT2D eigenvalue weighted by Gasteiger charge is -2.14. The maximum absolute atomic E-state index is 11.3. The summed E-state index contributed by atoms with van der Waals surface area (Å²) in [6.07, 6.45) is 6.12. The zero-order valence-electron chi connectivity index (χ0n) is 10.4. The van der Waals surface area contributed by atoms with Gasteiger partial charge >= 0.3 is 0 Å². The first kappa shape index (κ1) is 15.3. The SMILES string of the molecule is CNC(=O)CCCCCN(C)C(=O)/C=C\C=O. The highest BCUT2D eigenvalue weighted by Gasteiger charge is 2.04. The van der Waals surface area contributed by atoms with Crippen molar-refractivity contribution in [1.29, 1.82) is 0 Å². The largest absolute Gasteiger partial charge is 0.359 e. The molecule has 2 amide bonds. The summed E-state index contributed by atoms with van der Waals surface area (Å²) in [5.74, 6) is -0.133. The molecule has 5 nitrogen and oxygen atoms in total. The minimum Gasteiger partial charge on any atom is -0.359 e. The molecule has 0 bridgehead atoms. The molecule has 0 aromatic rings. The predicted molar refractivity (Wildman–Crippen MR) is 65.4 cm³/mol. The van der Waals surface area contributed by atoms with Gasteiger partial charge in [-0.25, -0.2) is 0 Å². The van der Waals surface area contributed by atoms with Crippen LogP contribution in [-0.4, -0.2) is 43.6 Å². The molecule has 0 aromatic carbocycles. The molecule has 0 aliphatic carbocycles. The van der Waals surface area contributed by atoms with Crippen LogP contribution >= 0.6 is 0 Å². The van der Waals surface area contributed by atoms with Gasteiger partial charge in [0.25, 0.3) is 0 Å². The van der Waals surface area contributed by atoms with Crippen LogP contribution in [0.1, 0.15) is 25.7 Å². The Morgan fingerprint density at radius 2 is 1.94 bits per heavy atom. The minimum absolute atomic E-state index is 0.0448. The van der Waals surface area contributed by atoms with Crippen molar-refractivity contribution in [3.05, 3.63) is 12.2 Å². The molecule has 0 aromatic heterocycles. The standard InChI is InChI=1S/C12H20N2O3/c1-13-11(16)7-4-3-5-9-14(2)12(17)8-6-10-15/h6,8,10H,3-5,7,9H2,1-2H3,(H,13,16)/b8-6-. The Balaban J connectivity index is 3.60. The topological polar surface area (TPSA) is 66.5 Å². The Morgan fingerprint density at radius 3 is 2.53 bits per heavy atom. The van der Waals surface area contributed by atoms with Crippen molar-refractivity contribution >= 4 is 18.1 Å². The molecule has 5 heteroatoms. The van der Waals surface area contributed by atoms with Gasteiger partial charge in [-0.2, -0.15) is 0 Å². The molecule has 0 fully saturated rings. The first-order chi connectivity index (χ1) is 8.11. The summed E-state index contributed by atoms with van der Waals surface area (Å²) in [5, 5.41) is 2.56. The van der Waals surface area contributed by atoms with Gasteiger partial charge in [-0.1, -0.05) is 6.42 Å². The molecule has 0 aliphatic heterocycles. The van der Waals surface area contributed by atoms with Crippen LogP contribution in [0.3, 0.4) is 0 Å². The highest BCUT2D eigenvalue weighted by Crippen LogP contribution is 2.01. The number of nitrogens with zero attached hydrogens (tertiary/aromatic N) is 1. The third kappa shape index (κ3) is 8.19. The Labute approximate surface area is 102 Å². The van der Waals surface area contributed by atoms with Gasteiger partial charge in [0, 0.05) is 33.1 Å². The van der Waals surface area contributed by atoms with Gasteiger partial charge in [-0.15, -0.1) is 0 Å². The lowest BCUT2D eigenvalue weighted by molar-refractivity contribution is -0.125. The van der Waals surface area contributed by atoms with Crippen molar-refractivity contribution < 1.29 is 14.4 Å². The van der Waals surface area contributed by atoms with Crippen molar-refractivity contribution in [1.82, 2.24) is 10.2 Å². The average molecular weight is 240 g/mol. The molecule has 0 spiro atoms. The molecule has 1 N–H and O–H groups in total. The number of rotatable bonds is 8. The van der Waals surface area contributed by atoms with E-state index >= 15 is 0 Å². The van der Waals surface area contributed by atoms with Gasteiger partial charge in [0.2, 0.25) is 11.8 Å². The summed E-state index contributed by atoms with van der Waals surface area (Å²) in [7, 11) is 3.31. The van der Waals surface area contributed by atoms with E-state index in [9.17, 15) is 14.4 Å². The number of nitrogens with one attached hydrogen (secondary N) is 1. The molecule has 0 saturated carbocycles. The molecular formula is C12H20N2O3. The van der Waals surface area contributed by atoms with Gasteiger partial charge in [-0.05, 0) is 18.9 Å². The molecule has 0 aliphatic rings. The Bertz CT molecular complexity index is 287. The van der Waals surface area contributed by atoms with Crippen molar-refractivity contribution in [2.45, 2.75) is 25.7 Å². The van der Waals surface area contributed by atoms with Crippen LogP contribution in [0.4, 0.5) is 0 Å². The van der Waals surface area contributed by atoms with Crippen molar-refractivity contribution in [2.75, 3.05) is 20.6 Å². The van der Waals surface area contributed by atoms with E-state index in [4.69, 9.17) is 0 Å². The molecule has 96 valence electrons. The molecule has 0 heterocycles. The maximum Gasteiger partial charge on any atom is 0.246 e. The number of carbonyl (C=O) groups is 3. The molecule has 0 unspecified atom stereocenters. The lowest BCUT2D eigenvalue weighted by Crippen LogP contribution is -2.25. The third-order valence-corrected chi connectivity index (χ3v) is 2.37. The number of hydrogen-bond donors (Lipinski definition) is 1. The highest BCUT2D eigenvalue weighted by molar-refractivity contribution is 5.90.